The highest BCUT2D eigenvalue weighted by Gasteiger charge is 2.28. The molecule has 0 radical (unpaired) electrons. The molecule has 0 aliphatic heterocycles. The first kappa shape index (κ1) is 11.3. The lowest BCUT2D eigenvalue weighted by Crippen LogP contribution is -2.35. The van der Waals surface area contributed by atoms with Crippen LogP contribution in [0.2, 0.25) is 0 Å². The lowest BCUT2D eigenvalue weighted by molar-refractivity contribution is 0.319. The van der Waals surface area contributed by atoms with Gasteiger partial charge in [-0.2, -0.15) is 0 Å². The topological polar surface area (TPSA) is 47.0 Å². The summed E-state index contributed by atoms with van der Waals surface area (Å²) in [7, 11) is 3.68. The molecule has 2 unspecified atom stereocenters. The summed E-state index contributed by atoms with van der Waals surface area (Å²) in [6, 6.07) is 0.499. The van der Waals surface area contributed by atoms with E-state index in [1.54, 1.807) is 19.5 Å². The minimum atomic E-state index is 0.433. The number of hydrogen-bond acceptors (Lipinski definition) is 4. The lowest BCUT2D eigenvalue weighted by Gasteiger charge is -2.31. The first-order valence-corrected chi connectivity index (χ1v) is 5.89. The van der Waals surface area contributed by atoms with Gasteiger partial charge in [-0.3, -0.25) is 4.98 Å². The molecule has 1 heterocycles. The minimum Gasteiger partial charge on any atom is -0.480 e. The number of methoxy groups -OCH3 is 1. The zero-order valence-corrected chi connectivity index (χ0v) is 9.94. The van der Waals surface area contributed by atoms with Crippen LogP contribution in [0.1, 0.15) is 37.3 Å². The molecule has 0 bridgehead atoms. The number of ether oxygens (including phenoxy) is 1. The fourth-order valence-corrected chi connectivity index (χ4v) is 2.55. The van der Waals surface area contributed by atoms with Crippen LogP contribution in [-0.4, -0.2) is 30.2 Å². The summed E-state index contributed by atoms with van der Waals surface area (Å²) >= 11 is 0. The van der Waals surface area contributed by atoms with E-state index in [0.29, 0.717) is 17.8 Å². The van der Waals surface area contributed by atoms with Crippen LogP contribution in [0.5, 0.6) is 5.88 Å². The molecule has 0 aromatic carbocycles. The van der Waals surface area contributed by atoms with E-state index < -0.39 is 0 Å². The zero-order valence-electron chi connectivity index (χ0n) is 9.94. The molecule has 0 amide bonds. The monoisotopic (exact) mass is 221 g/mol. The van der Waals surface area contributed by atoms with Crippen molar-refractivity contribution < 1.29 is 4.74 Å². The normalized spacial score (nSPS) is 25.4. The van der Waals surface area contributed by atoms with Crippen LogP contribution >= 0.6 is 0 Å². The Morgan fingerprint density at radius 3 is 2.75 bits per heavy atom. The molecule has 1 saturated carbocycles. The van der Waals surface area contributed by atoms with E-state index in [2.05, 4.69) is 15.3 Å². The van der Waals surface area contributed by atoms with Gasteiger partial charge in [0, 0.05) is 24.4 Å². The van der Waals surface area contributed by atoms with Crippen LogP contribution in [0, 0.1) is 0 Å². The smallest absolute Gasteiger partial charge is 0.235 e. The molecule has 0 saturated heterocycles. The maximum Gasteiger partial charge on any atom is 0.235 e. The summed E-state index contributed by atoms with van der Waals surface area (Å²) in [5.41, 5.74) is 1.00. The number of rotatable bonds is 3. The zero-order chi connectivity index (χ0) is 11.4. The van der Waals surface area contributed by atoms with Crippen LogP contribution in [0.15, 0.2) is 12.4 Å². The summed E-state index contributed by atoms with van der Waals surface area (Å²) in [6.07, 6.45) is 8.37. The van der Waals surface area contributed by atoms with Crippen molar-refractivity contribution in [1.29, 1.82) is 0 Å². The van der Waals surface area contributed by atoms with Gasteiger partial charge >= 0.3 is 0 Å². The summed E-state index contributed by atoms with van der Waals surface area (Å²) in [5.74, 6) is 1.11. The van der Waals surface area contributed by atoms with Crippen molar-refractivity contribution in [3.8, 4) is 5.88 Å². The SMILES string of the molecule is CNC1CCCCC1c1nccnc1OC. The van der Waals surface area contributed by atoms with Crippen LogP contribution in [0.4, 0.5) is 0 Å². The van der Waals surface area contributed by atoms with Crippen molar-refractivity contribution in [2.24, 2.45) is 0 Å². The average Bonchev–Trinajstić information content (AvgIpc) is 2.38. The molecule has 1 aliphatic rings. The molecule has 16 heavy (non-hydrogen) atoms. The molecule has 1 fully saturated rings. The van der Waals surface area contributed by atoms with Gasteiger partial charge in [-0.25, -0.2) is 4.98 Å². The van der Waals surface area contributed by atoms with Gasteiger partial charge in [-0.05, 0) is 19.9 Å². The highest BCUT2D eigenvalue weighted by molar-refractivity contribution is 5.24. The quantitative estimate of drug-likeness (QED) is 0.844. The Labute approximate surface area is 96.4 Å². The molecule has 1 N–H and O–H groups in total. The van der Waals surface area contributed by atoms with Gasteiger partial charge in [0.15, 0.2) is 0 Å². The number of aromatic nitrogens is 2. The first-order chi connectivity index (χ1) is 7.86. The Balaban J connectivity index is 2.26. The minimum absolute atomic E-state index is 0.433. The van der Waals surface area contributed by atoms with Crippen LogP contribution < -0.4 is 10.1 Å². The molecular weight excluding hydrogens is 202 g/mol. The van der Waals surface area contributed by atoms with Crippen molar-refractivity contribution in [3.63, 3.8) is 0 Å². The molecule has 1 aromatic rings. The third-order valence-corrected chi connectivity index (χ3v) is 3.37. The largest absolute Gasteiger partial charge is 0.480 e. The van der Waals surface area contributed by atoms with Gasteiger partial charge in [-0.1, -0.05) is 12.8 Å². The highest BCUT2D eigenvalue weighted by Crippen LogP contribution is 2.35. The second kappa shape index (κ2) is 5.25. The molecule has 2 atom stereocenters. The van der Waals surface area contributed by atoms with Crippen molar-refractivity contribution in [2.75, 3.05) is 14.2 Å². The Bertz CT molecular complexity index is 343. The average molecular weight is 221 g/mol. The standard InChI is InChI=1S/C12H19N3O/c1-13-10-6-4-3-5-9(10)11-12(16-2)15-8-7-14-11/h7-10,13H,3-6H2,1-2H3. The maximum absolute atomic E-state index is 5.29. The van der Waals surface area contributed by atoms with E-state index in [-0.39, 0.29) is 0 Å². The van der Waals surface area contributed by atoms with E-state index >= 15 is 0 Å². The fourth-order valence-electron chi connectivity index (χ4n) is 2.55. The van der Waals surface area contributed by atoms with Crippen molar-refractivity contribution in [1.82, 2.24) is 15.3 Å². The number of nitrogens with one attached hydrogen (secondary N) is 1. The summed E-state index contributed by atoms with van der Waals surface area (Å²) < 4.78 is 5.29. The second-order valence-corrected chi connectivity index (χ2v) is 4.24. The number of hydrogen-bond donors (Lipinski definition) is 1. The molecule has 2 rings (SSSR count). The highest BCUT2D eigenvalue weighted by atomic mass is 16.5. The summed E-state index contributed by atoms with van der Waals surface area (Å²) in [6.45, 7) is 0. The van der Waals surface area contributed by atoms with E-state index in [1.807, 2.05) is 7.05 Å². The van der Waals surface area contributed by atoms with E-state index in [9.17, 15) is 0 Å². The third-order valence-electron chi connectivity index (χ3n) is 3.37. The molecular formula is C12H19N3O. The van der Waals surface area contributed by atoms with E-state index in [1.165, 1.54) is 25.7 Å². The van der Waals surface area contributed by atoms with Gasteiger partial charge in [0.25, 0.3) is 0 Å². The predicted octanol–water partition coefficient (Wildman–Crippen LogP) is 1.73. The Morgan fingerprint density at radius 2 is 2.00 bits per heavy atom. The summed E-state index contributed by atoms with van der Waals surface area (Å²) in [4.78, 5) is 8.67. The molecule has 1 aliphatic carbocycles. The Hall–Kier alpha value is -1.16. The van der Waals surface area contributed by atoms with Crippen molar-refractivity contribution in [2.45, 2.75) is 37.6 Å². The summed E-state index contributed by atoms with van der Waals surface area (Å²) in [5, 5.41) is 3.38. The number of likely N-dealkylation sites (N-methyl/N-ethyl adjacent to an activating group) is 1. The molecule has 4 nitrogen and oxygen atoms in total. The third kappa shape index (κ3) is 2.16. The fraction of sp³-hybridized carbons (Fsp3) is 0.667. The van der Waals surface area contributed by atoms with Crippen LogP contribution in [0.25, 0.3) is 0 Å². The Morgan fingerprint density at radius 1 is 1.25 bits per heavy atom. The molecule has 0 spiro atoms. The van der Waals surface area contributed by atoms with Gasteiger partial charge in [0.2, 0.25) is 5.88 Å². The lowest BCUT2D eigenvalue weighted by atomic mass is 9.82. The Kier molecular flexibility index (Phi) is 3.72. The first-order valence-electron chi connectivity index (χ1n) is 5.89. The van der Waals surface area contributed by atoms with Crippen molar-refractivity contribution in [3.05, 3.63) is 18.1 Å². The van der Waals surface area contributed by atoms with Crippen LogP contribution in [-0.2, 0) is 0 Å². The molecule has 88 valence electrons. The number of nitrogens with zero attached hydrogens (tertiary/aromatic N) is 2. The van der Waals surface area contributed by atoms with E-state index in [0.717, 1.165) is 5.69 Å². The van der Waals surface area contributed by atoms with E-state index in [4.69, 9.17) is 4.74 Å². The van der Waals surface area contributed by atoms with Gasteiger partial charge in [0.05, 0.1) is 7.11 Å². The van der Waals surface area contributed by atoms with Gasteiger partial charge < -0.3 is 10.1 Å². The van der Waals surface area contributed by atoms with Crippen LogP contribution in [0.3, 0.4) is 0 Å². The maximum atomic E-state index is 5.29. The van der Waals surface area contributed by atoms with Gasteiger partial charge in [0.1, 0.15) is 5.69 Å². The molecule has 1 aromatic heterocycles. The van der Waals surface area contributed by atoms with Crippen molar-refractivity contribution >= 4 is 0 Å². The second-order valence-electron chi connectivity index (χ2n) is 4.24. The predicted molar refractivity (Wildman–Crippen MR) is 62.6 cm³/mol. The van der Waals surface area contributed by atoms with Gasteiger partial charge in [-0.15, -0.1) is 0 Å². The molecule has 4 heteroatoms.